The van der Waals surface area contributed by atoms with Crippen molar-refractivity contribution in [3.63, 3.8) is 0 Å². The van der Waals surface area contributed by atoms with Crippen LogP contribution in [0.5, 0.6) is 0 Å². The van der Waals surface area contributed by atoms with Crippen LogP contribution in [0.4, 0.5) is 10.1 Å². The topological polar surface area (TPSA) is 81.9 Å². The Labute approximate surface area is 126 Å². The number of rotatable bonds is 4. The van der Waals surface area contributed by atoms with Crippen LogP contribution < -0.4 is 5.32 Å². The molecule has 0 unspecified atom stereocenters. The molecule has 1 saturated heterocycles. The maximum Gasteiger partial charge on any atom is 0.246 e. The molecule has 1 aromatic heterocycles. The molecule has 1 aromatic carbocycles. The van der Waals surface area contributed by atoms with Gasteiger partial charge >= 0.3 is 0 Å². The zero-order chi connectivity index (χ0) is 15.4. The normalized spacial score (nSPS) is 15.7. The zero-order valence-electron chi connectivity index (χ0n) is 11.9. The third-order valence-corrected chi connectivity index (χ3v) is 3.55. The second-order valence-electron chi connectivity index (χ2n) is 5.14. The fourth-order valence-electron chi connectivity index (χ4n) is 2.48. The molecule has 0 spiro atoms. The minimum absolute atomic E-state index is 0.00377. The molecule has 1 aliphatic heterocycles. The Morgan fingerprint density at radius 1 is 1.41 bits per heavy atom. The quantitative estimate of drug-likeness (QED) is 0.922. The maximum atomic E-state index is 13.1. The predicted molar refractivity (Wildman–Crippen MR) is 75.6 cm³/mol. The maximum absolute atomic E-state index is 13.1. The summed E-state index contributed by atoms with van der Waals surface area (Å²) >= 11 is 0. The molecule has 2 aromatic rings. The first-order valence-electron chi connectivity index (χ1n) is 7.11. The van der Waals surface area contributed by atoms with Gasteiger partial charge in [0.25, 0.3) is 0 Å². The molecule has 0 radical (unpaired) electrons. The first-order valence-corrected chi connectivity index (χ1v) is 7.11. The van der Waals surface area contributed by atoms with E-state index in [1.807, 2.05) is 0 Å². The largest absolute Gasteiger partial charge is 0.381 e. The van der Waals surface area contributed by atoms with Gasteiger partial charge in [0, 0.05) is 24.8 Å². The van der Waals surface area contributed by atoms with E-state index in [-0.39, 0.29) is 18.4 Å². The van der Waals surface area contributed by atoms with Gasteiger partial charge in [-0.15, -0.1) is 5.10 Å². The summed E-state index contributed by atoms with van der Waals surface area (Å²) in [6.45, 7) is 1.34. The fourth-order valence-corrected chi connectivity index (χ4v) is 2.48. The summed E-state index contributed by atoms with van der Waals surface area (Å²) in [6, 6.07) is 5.74. The van der Waals surface area contributed by atoms with Crippen molar-refractivity contribution >= 4 is 11.6 Å². The van der Waals surface area contributed by atoms with Crippen molar-refractivity contribution < 1.29 is 13.9 Å². The van der Waals surface area contributed by atoms with Crippen molar-refractivity contribution in [2.24, 2.45) is 0 Å². The highest BCUT2D eigenvalue weighted by molar-refractivity contribution is 5.90. The Balaban J connectivity index is 1.65. The average Bonchev–Trinajstić information content (AvgIpc) is 2.96. The molecule has 1 N–H and O–H groups in total. The third kappa shape index (κ3) is 3.45. The van der Waals surface area contributed by atoms with Crippen molar-refractivity contribution in [2.75, 3.05) is 18.5 Å². The SMILES string of the molecule is O=C(Cn1nnnc1C1CCOCC1)Nc1cccc(F)c1. The molecule has 1 amide bonds. The minimum atomic E-state index is -0.400. The number of carbonyl (C=O) groups is 1. The van der Waals surface area contributed by atoms with E-state index in [2.05, 4.69) is 20.8 Å². The molecule has 2 heterocycles. The number of nitrogens with zero attached hydrogens (tertiary/aromatic N) is 4. The number of hydrogen-bond donors (Lipinski definition) is 1. The molecule has 22 heavy (non-hydrogen) atoms. The van der Waals surface area contributed by atoms with Crippen LogP contribution in [0.3, 0.4) is 0 Å². The number of hydrogen-bond acceptors (Lipinski definition) is 5. The minimum Gasteiger partial charge on any atom is -0.381 e. The number of ether oxygens (including phenoxy) is 1. The first-order chi connectivity index (χ1) is 10.7. The second-order valence-corrected chi connectivity index (χ2v) is 5.14. The number of halogens is 1. The van der Waals surface area contributed by atoms with Crippen LogP contribution in [0.15, 0.2) is 24.3 Å². The number of tetrazole rings is 1. The standard InChI is InChI=1S/C14H16FN5O2/c15-11-2-1-3-12(8-11)16-13(21)9-20-14(17-18-19-20)10-4-6-22-7-5-10/h1-3,8,10H,4-7,9H2,(H,16,21). The van der Waals surface area contributed by atoms with E-state index in [0.29, 0.717) is 24.7 Å². The lowest BCUT2D eigenvalue weighted by Crippen LogP contribution is -2.24. The molecule has 7 nitrogen and oxygen atoms in total. The Morgan fingerprint density at radius 2 is 2.23 bits per heavy atom. The number of benzene rings is 1. The lowest BCUT2D eigenvalue weighted by atomic mass is 9.99. The predicted octanol–water partition coefficient (Wildman–Crippen LogP) is 1.34. The van der Waals surface area contributed by atoms with Gasteiger partial charge in [-0.25, -0.2) is 9.07 Å². The van der Waals surface area contributed by atoms with E-state index >= 15 is 0 Å². The van der Waals surface area contributed by atoms with Gasteiger partial charge in [-0.2, -0.15) is 0 Å². The smallest absolute Gasteiger partial charge is 0.246 e. The Bertz CT molecular complexity index is 654. The molecule has 0 bridgehead atoms. The molecular formula is C14H16FN5O2. The van der Waals surface area contributed by atoms with Crippen molar-refractivity contribution in [3.05, 3.63) is 35.9 Å². The van der Waals surface area contributed by atoms with Crippen molar-refractivity contribution in [3.8, 4) is 0 Å². The monoisotopic (exact) mass is 305 g/mol. The zero-order valence-corrected chi connectivity index (χ0v) is 11.9. The van der Waals surface area contributed by atoms with E-state index in [1.165, 1.54) is 22.9 Å². The van der Waals surface area contributed by atoms with Gasteiger partial charge in [0.15, 0.2) is 5.82 Å². The van der Waals surface area contributed by atoms with Crippen LogP contribution in [0.2, 0.25) is 0 Å². The Hall–Kier alpha value is -2.35. The molecule has 3 rings (SSSR count). The van der Waals surface area contributed by atoms with Crippen LogP contribution in [0.1, 0.15) is 24.6 Å². The molecule has 8 heteroatoms. The summed E-state index contributed by atoms with van der Waals surface area (Å²) in [5.41, 5.74) is 0.408. The molecule has 0 atom stereocenters. The molecule has 1 fully saturated rings. The van der Waals surface area contributed by atoms with Crippen molar-refractivity contribution in [1.29, 1.82) is 0 Å². The van der Waals surface area contributed by atoms with E-state index in [4.69, 9.17) is 4.74 Å². The van der Waals surface area contributed by atoms with Gasteiger partial charge < -0.3 is 10.1 Å². The van der Waals surface area contributed by atoms with Gasteiger partial charge in [0.2, 0.25) is 5.91 Å². The number of carbonyl (C=O) groups excluding carboxylic acids is 1. The highest BCUT2D eigenvalue weighted by atomic mass is 19.1. The highest BCUT2D eigenvalue weighted by Gasteiger charge is 2.23. The number of anilines is 1. The lowest BCUT2D eigenvalue weighted by molar-refractivity contribution is -0.117. The summed E-state index contributed by atoms with van der Waals surface area (Å²) < 4.78 is 19.9. The third-order valence-electron chi connectivity index (χ3n) is 3.55. The van der Waals surface area contributed by atoms with E-state index in [9.17, 15) is 9.18 Å². The molecular weight excluding hydrogens is 289 g/mol. The van der Waals surface area contributed by atoms with Crippen LogP contribution in [-0.4, -0.2) is 39.3 Å². The van der Waals surface area contributed by atoms with Crippen LogP contribution in [-0.2, 0) is 16.1 Å². The number of amides is 1. The number of nitrogens with one attached hydrogen (secondary N) is 1. The second kappa shape index (κ2) is 6.61. The Kier molecular flexibility index (Phi) is 4.38. The van der Waals surface area contributed by atoms with Crippen molar-refractivity contribution in [1.82, 2.24) is 20.2 Å². The van der Waals surface area contributed by atoms with Gasteiger partial charge in [-0.05, 0) is 41.5 Å². The first kappa shape index (κ1) is 14.6. The molecule has 1 aliphatic rings. The van der Waals surface area contributed by atoms with Gasteiger partial charge in [0.1, 0.15) is 12.4 Å². The summed E-state index contributed by atoms with van der Waals surface area (Å²) in [7, 11) is 0. The summed E-state index contributed by atoms with van der Waals surface area (Å²) in [5, 5.41) is 14.2. The number of aromatic nitrogens is 4. The van der Waals surface area contributed by atoms with E-state index in [1.54, 1.807) is 6.07 Å². The summed E-state index contributed by atoms with van der Waals surface area (Å²) in [6.07, 6.45) is 1.68. The van der Waals surface area contributed by atoms with E-state index < -0.39 is 5.82 Å². The Morgan fingerprint density at radius 3 is 3.00 bits per heavy atom. The molecule has 0 saturated carbocycles. The fraction of sp³-hybridized carbons (Fsp3) is 0.429. The molecule has 116 valence electrons. The van der Waals surface area contributed by atoms with Gasteiger partial charge in [0.05, 0.1) is 0 Å². The van der Waals surface area contributed by atoms with Crippen LogP contribution in [0.25, 0.3) is 0 Å². The summed E-state index contributed by atoms with van der Waals surface area (Å²) in [4.78, 5) is 12.1. The van der Waals surface area contributed by atoms with Crippen LogP contribution in [0, 0.1) is 5.82 Å². The average molecular weight is 305 g/mol. The highest BCUT2D eigenvalue weighted by Crippen LogP contribution is 2.24. The van der Waals surface area contributed by atoms with E-state index in [0.717, 1.165) is 12.8 Å². The van der Waals surface area contributed by atoms with Crippen LogP contribution >= 0.6 is 0 Å². The van der Waals surface area contributed by atoms with Crippen molar-refractivity contribution in [2.45, 2.75) is 25.3 Å². The van der Waals surface area contributed by atoms with Gasteiger partial charge in [-0.1, -0.05) is 6.07 Å². The summed E-state index contributed by atoms with van der Waals surface area (Å²) in [5.74, 6) is 0.192. The lowest BCUT2D eigenvalue weighted by Gasteiger charge is -2.20. The molecule has 0 aliphatic carbocycles. The van der Waals surface area contributed by atoms with Gasteiger partial charge in [-0.3, -0.25) is 4.79 Å².